The molecule has 0 aromatic rings. The van der Waals surface area contributed by atoms with Gasteiger partial charge >= 0.3 is 24.1 Å². The molecule has 408 valence electrons. The van der Waals surface area contributed by atoms with Crippen LogP contribution in [0.25, 0.3) is 0 Å². The minimum absolute atomic E-state index is 0.0259. The van der Waals surface area contributed by atoms with Crippen molar-refractivity contribution in [3.63, 3.8) is 0 Å². The van der Waals surface area contributed by atoms with Crippen molar-refractivity contribution in [2.75, 3.05) is 56.4 Å². The van der Waals surface area contributed by atoms with E-state index in [1.165, 1.54) is 63.2 Å². The zero-order valence-electron chi connectivity index (χ0n) is 45.8. The first-order chi connectivity index (χ1) is 33.1. The Morgan fingerprint density at radius 3 is 1.69 bits per heavy atom. The Morgan fingerprint density at radius 2 is 1.19 bits per heavy atom. The SMILES string of the molecule is C/C=C/C[C@@H](C)[C@@H](O)[C@H]1C(=O)N[C@@H](CC)C(=O)N(C)[C@H](C)C(=O)N(C)[C@@H](CC(C)(C)OC)C(=O)NC(=O)N(C)C(=O)NC(=O)N[C@@H](C)C(=O)N(C)C(CC(C)C)C(=O)N(C)C(=O)N(C)[C@@H](C(C)C)C(=O)N1C. The van der Waals surface area contributed by atoms with Crippen molar-refractivity contribution in [2.45, 2.75) is 156 Å². The van der Waals surface area contributed by atoms with Crippen molar-refractivity contribution in [3.8, 4) is 0 Å². The number of aliphatic hydroxyl groups is 1. The Bertz CT molecular complexity index is 2030. The minimum atomic E-state index is -1.65. The van der Waals surface area contributed by atoms with Gasteiger partial charge in [0.1, 0.15) is 42.3 Å². The summed E-state index contributed by atoms with van der Waals surface area (Å²) in [6.07, 6.45) is 2.09. The summed E-state index contributed by atoms with van der Waals surface area (Å²) in [5.41, 5.74) is -1.08. The largest absolute Gasteiger partial charge is 0.390 e. The summed E-state index contributed by atoms with van der Waals surface area (Å²) in [5, 5.41) is 20.8. The highest BCUT2D eigenvalue weighted by Crippen LogP contribution is 2.24. The van der Waals surface area contributed by atoms with Crippen LogP contribution in [0.15, 0.2) is 12.2 Å². The number of amides is 15. The number of hydrogen-bond acceptors (Lipinski definition) is 13. The molecule has 9 atom stereocenters. The Balaban J connectivity index is 4.14. The van der Waals surface area contributed by atoms with Crippen molar-refractivity contribution >= 4 is 65.5 Å². The van der Waals surface area contributed by atoms with E-state index in [4.69, 9.17) is 4.74 Å². The number of nitrogens with one attached hydrogen (secondary N) is 4. The van der Waals surface area contributed by atoms with E-state index in [0.717, 1.165) is 36.4 Å². The standard InChI is InChI=1S/C48H83N11O13/c1-20-22-23-28(7)36(60)35-38(62)50-31(21-2)41(65)53(12)30(9)40(64)55(14)33(25-48(10,11)72-19)37(61)51-45(69)59(18)46(70)52-44(68)49-29(8)39(63)54(13)32(24-26(3)4)42(66)58(17)47(71)57(16)34(27(5)6)43(67)56(35)15/h20,22,26-36,60H,21,23-25H2,1-19H3,(H,50,62)(H,51,61,69)(H2,49,52,68,70)/b22-20+/t28-,29+,30-,31+,32?,33+,34+,35+,36-/m1/s1. The third kappa shape index (κ3) is 16.4. The summed E-state index contributed by atoms with van der Waals surface area (Å²) in [6.45, 7) is 17.8. The lowest BCUT2D eigenvalue weighted by molar-refractivity contribution is -0.151. The second kappa shape index (κ2) is 27.6. The van der Waals surface area contributed by atoms with Gasteiger partial charge in [-0.1, -0.05) is 53.7 Å². The first kappa shape index (κ1) is 63.8. The first-order valence-electron chi connectivity index (χ1n) is 24.1. The molecule has 0 radical (unpaired) electrons. The van der Waals surface area contributed by atoms with E-state index >= 15 is 0 Å². The molecule has 0 bridgehead atoms. The van der Waals surface area contributed by atoms with E-state index in [0.29, 0.717) is 4.90 Å². The number of allylic oxidation sites excluding steroid dienone is 2. The van der Waals surface area contributed by atoms with Crippen molar-refractivity contribution in [1.29, 1.82) is 0 Å². The predicted molar refractivity (Wildman–Crippen MR) is 266 cm³/mol. The number of imide groups is 4. The fourth-order valence-corrected chi connectivity index (χ4v) is 8.05. The number of hydrogen-bond donors (Lipinski definition) is 5. The number of aliphatic hydroxyl groups excluding tert-OH is 1. The molecule has 1 unspecified atom stereocenters. The van der Waals surface area contributed by atoms with E-state index < -0.39 is 131 Å². The van der Waals surface area contributed by atoms with Gasteiger partial charge in [-0.3, -0.25) is 49.1 Å². The normalized spacial score (nSPS) is 25.7. The van der Waals surface area contributed by atoms with Crippen molar-refractivity contribution < 1.29 is 62.6 Å². The van der Waals surface area contributed by atoms with E-state index in [2.05, 4.69) is 16.0 Å². The van der Waals surface area contributed by atoms with Gasteiger partial charge in [-0.05, 0) is 71.6 Å². The van der Waals surface area contributed by atoms with Gasteiger partial charge in [0.25, 0.3) is 11.8 Å². The van der Waals surface area contributed by atoms with Gasteiger partial charge in [0, 0.05) is 62.9 Å². The van der Waals surface area contributed by atoms with Gasteiger partial charge in [-0.25, -0.2) is 24.1 Å². The molecule has 1 aliphatic heterocycles. The summed E-state index contributed by atoms with van der Waals surface area (Å²) in [4.78, 5) is 160. The van der Waals surface area contributed by atoms with Gasteiger partial charge in [0.05, 0.1) is 11.7 Å². The Hall–Kier alpha value is -6.17. The van der Waals surface area contributed by atoms with Gasteiger partial charge in [-0.15, -0.1) is 0 Å². The lowest BCUT2D eigenvalue weighted by Gasteiger charge is -2.40. The lowest BCUT2D eigenvalue weighted by Crippen LogP contribution is -2.63. The third-order valence-corrected chi connectivity index (χ3v) is 13.1. The zero-order valence-corrected chi connectivity index (χ0v) is 45.8. The maximum atomic E-state index is 14.7. The topological polar surface area (TPSA) is 288 Å². The average Bonchev–Trinajstić information content (AvgIpc) is 3.32. The maximum absolute atomic E-state index is 14.7. The molecular formula is C48H83N11O13. The molecule has 0 aliphatic carbocycles. The van der Waals surface area contributed by atoms with Gasteiger partial charge in [-0.2, -0.15) is 0 Å². The number of carbonyl (C=O) groups excluding carboxylic acids is 11. The molecule has 24 heteroatoms. The maximum Gasteiger partial charge on any atom is 0.333 e. The van der Waals surface area contributed by atoms with Crippen molar-refractivity contribution in [1.82, 2.24) is 55.6 Å². The highest BCUT2D eigenvalue weighted by atomic mass is 16.5. The second-order valence-electron chi connectivity index (χ2n) is 19.9. The fraction of sp³-hybridized carbons (Fsp3) is 0.729. The predicted octanol–water partition coefficient (Wildman–Crippen LogP) is 1.56. The third-order valence-electron chi connectivity index (χ3n) is 13.1. The van der Waals surface area contributed by atoms with Crippen LogP contribution in [0.3, 0.4) is 0 Å². The van der Waals surface area contributed by atoms with Crippen LogP contribution in [0.4, 0.5) is 19.2 Å². The summed E-state index contributed by atoms with van der Waals surface area (Å²) in [7, 11) is 9.92. The number of ether oxygens (including phenoxy) is 1. The lowest BCUT2D eigenvalue weighted by atomic mass is 9.91. The monoisotopic (exact) mass is 1020 g/mol. The molecule has 0 aromatic heterocycles. The van der Waals surface area contributed by atoms with E-state index in [1.807, 2.05) is 5.32 Å². The second-order valence-corrected chi connectivity index (χ2v) is 19.9. The molecule has 0 spiro atoms. The Kier molecular flexibility index (Phi) is 24.5. The number of nitrogens with zero attached hydrogens (tertiary/aromatic N) is 7. The van der Waals surface area contributed by atoms with Crippen LogP contribution in [0.5, 0.6) is 0 Å². The van der Waals surface area contributed by atoms with Crippen LogP contribution >= 0.6 is 0 Å². The van der Waals surface area contributed by atoms with Crippen LogP contribution in [-0.2, 0) is 38.3 Å². The summed E-state index contributed by atoms with van der Waals surface area (Å²) in [5.74, 6) is -7.50. The van der Waals surface area contributed by atoms with Gasteiger partial charge in [0.15, 0.2) is 0 Å². The molecule has 1 heterocycles. The Morgan fingerprint density at radius 1 is 0.653 bits per heavy atom. The summed E-state index contributed by atoms with van der Waals surface area (Å²) >= 11 is 0. The van der Waals surface area contributed by atoms with Gasteiger partial charge < -0.3 is 45.0 Å². The van der Waals surface area contributed by atoms with Crippen LogP contribution in [0, 0.1) is 17.8 Å². The molecule has 1 aliphatic rings. The molecular weight excluding hydrogens is 939 g/mol. The Labute approximate surface area is 424 Å². The molecule has 24 nitrogen and oxygen atoms in total. The highest BCUT2D eigenvalue weighted by molar-refractivity contribution is 6.07. The van der Waals surface area contributed by atoms with Crippen LogP contribution < -0.4 is 21.3 Å². The molecule has 0 saturated carbocycles. The van der Waals surface area contributed by atoms with E-state index in [1.54, 1.807) is 74.5 Å². The average molecular weight is 1020 g/mol. The molecule has 0 aromatic carbocycles. The number of rotatable bonds is 11. The van der Waals surface area contributed by atoms with E-state index in [9.17, 15) is 57.8 Å². The number of urea groups is 4. The molecule has 1 fully saturated rings. The molecule has 72 heavy (non-hydrogen) atoms. The van der Waals surface area contributed by atoms with Gasteiger partial charge in [0.2, 0.25) is 29.5 Å². The van der Waals surface area contributed by atoms with Crippen LogP contribution in [-0.4, -0.2) is 215 Å². The van der Waals surface area contributed by atoms with Crippen LogP contribution in [0.1, 0.15) is 102 Å². The number of carbonyl (C=O) groups is 11. The minimum Gasteiger partial charge on any atom is -0.390 e. The first-order valence-corrected chi connectivity index (χ1v) is 24.1. The molecule has 1 rings (SSSR count). The van der Waals surface area contributed by atoms with Crippen LogP contribution in [0.2, 0.25) is 0 Å². The molecule has 15 amide bonds. The molecule has 1 saturated heterocycles. The summed E-state index contributed by atoms with van der Waals surface area (Å²) in [6, 6.07) is -14.6. The molecule has 5 N–H and O–H groups in total. The smallest absolute Gasteiger partial charge is 0.333 e. The van der Waals surface area contributed by atoms with Crippen molar-refractivity contribution in [2.24, 2.45) is 17.8 Å². The van der Waals surface area contributed by atoms with E-state index in [-0.39, 0.29) is 31.6 Å². The van der Waals surface area contributed by atoms with Crippen molar-refractivity contribution in [3.05, 3.63) is 12.2 Å². The number of methoxy groups -OCH3 is 1. The number of likely N-dealkylation sites (N-methyl/N-ethyl adjacent to an activating group) is 6. The highest BCUT2D eigenvalue weighted by Gasteiger charge is 2.45. The quantitative estimate of drug-likeness (QED) is 0.184. The summed E-state index contributed by atoms with van der Waals surface area (Å²) < 4.78 is 5.53. The zero-order chi connectivity index (χ0) is 56.0. The fourth-order valence-electron chi connectivity index (χ4n) is 8.05.